The molecule has 1 aliphatic rings. The number of rotatable bonds is 4. The van der Waals surface area contributed by atoms with Gasteiger partial charge in [-0.25, -0.2) is 19.2 Å². The first-order valence-electron chi connectivity index (χ1n) is 9.70. The Hall–Kier alpha value is -3.56. The molecule has 1 aromatic carbocycles. The van der Waals surface area contributed by atoms with Crippen LogP contribution in [0.25, 0.3) is 11.2 Å². The van der Waals surface area contributed by atoms with Crippen LogP contribution in [-0.4, -0.2) is 28.9 Å². The van der Waals surface area contributed by atoms with Crippen LogP contribution in [0.1, 0.15) is 42.7 Å². The summed E-state index contributed by atoms with van der Waals surface area (Å²) in [6, 6.07) is 6.43. The van der Waals surface area contributed by atoms with Crippen molar-refractivity contribution in [3.63, 3.8) is 0 Å². The number of aromatic nitrogens is 6. The highest BCUT2D eigenvalue weighted by Gasteiger charge is 2.30. The van der Waals surface area contributed by atoms with E-state index >= 15 is 0 Å². The zero-order chi connectivity index (χ0) is 20.8. The van der Waals surface area contributed by atoms with Crippen LogP contribution < -0.4 is 11.3 Å². The van der Waals surface area contributed by atoms with Crippen LogP contribution in [0.4, 0.5) is 4.39 Å². The predicted molar refractivity (Wildman–Crippen MR) is 105 cm³/mol. The Kier molecular flexibility index (Phi) is 4.34. The first-order valence-corrected chi connectivity index (χ1v) is 9.70. The second kappa shape index (κ2) is 7.05. The van der Waals surface area contributed by atoms with Gasteiger partial charge in [-0.15, -0.1) is 5.10 Å². The molecule has 0 radical (unpaired) electrons. The average Bonchev–Trinajstić information content (AvgIpc) is 3.43. The molecule has 30 heavy (non-hydrogen) atoms. The van der Waals surface area contributed by atoms with Gasteiger partial charge in [-0.3, -0.25) is 9.36 Å². The minimum atomic E-state index is -0.558. The molecule has 0 amide bonds. The van der Waals surface area contributed by atoms with Gasteiger partial charge in [0.1, 0.15) is 18.7 Å². The third-order valence-corrected chi connectivity index (χ3v) is 5.69. The largest absolute Gasteiger partial charge is 0.437 e. The van der Waals surface area contributed by atoms with E-state index in [1.807, 2.05) is 6.07 Å². The molecular weight excluding hydrogens is 391 g/mol. The maximum Gasteiger partial charge on any atom is 0.437 e. The van der Waals surface area contributed by atoms with Gasteiger partial charge in [-0.1, -0.05) is 12.1 Å². The highest BCUT2D eigenvalue weighted by Crippen LogP contribution is 2.40. The van der Waals surface area contributed by atoms with E-state index in [1.54, 1.807) is 17.7 Å². The van der Waals surface area contributed by atoms with Gasteiger partial charge in [0.15, 0.2) is 11.2 Å². The normalized spacial score (nSPS) is 19.0. The first-order chi connectivity index (χ1) is 14.5. The van der Waals surface area contributed by atoms with Crippen LogP contribution in [0.15, 0.2) is 50.9 Å². The molecule has 0 saturated heterocycles. The molecule has 0 bridgehead atoms. The molecule has 0 spiro atoms. The molecule has 1 fully saturated rings. The monoisotopic (exact) mass is 410 g/mol. The zero-order valence-corrected chi connectivity index (χ0v) is 16.2. The van der Waals surface area contributed by atoms with E-state index in [2.05, 4.69) is 15.1 Å². The summed E-state index contributed by atoms with van der Waals surface area (Å²) < 4.78 is 23.1. The third-order valence-electron chi connectivity index (χ3n) is 5.69. The highest BCUT2D eigenvalue weighted by molar-refractivity contribution is 5.68. The van der Waals surface area contributed by atoms with E-state index in [4.69, 9.17) is 4.42 Å². The van der Waals surface area contributed by atoms with Crippen LogP contribution in [0, 0.1) is 5.82 Å². The van der Waals surface area contributed by atoms with E-state index in [1.165, 1.54) is 34.0 Å². The lowest BCUT2D eigenvalue weighted by molar-refractivity contribution is 0.401. The number of fused-ring (bicyclic) bond motifs is 1. The predicted octanol–water partition coefficient (Wildman–Crippen LogP) is 1.98. The van der Waals surface area contributed by atoms with Gasteiger partial charge in [0.25, 0.3) is 5.56 Å². The molecule has 2 unspecified atom stereocenters. The van der Waals surface area contributed by atoms with Gasteiger partial charge in [0.05, 0.1) is 12.4 Å². The van der Waals surface area contributed by atoms with Gasteiger partial charge in [0, 0.05) is 7.05 Å². The van der Waals surface area contributed by atoms with Crippen molar-refractivity contribution in [3.8, 4) is 0 Å². The lowest BCUT2D eigenvalue weighted by atomic mass is 9.97. The van der Waals surface area contributed by atoms with E-state index in [9.17, 15) is 14.0 Å². The van der Waals surface area contributed by atoms with Crippen molar-refractivity contribution in [1.82, 2.24) is 28.9 Å². The lowest BCUT2D eigenvalue weighted by Gasteiger charge is -2.11. The molecule has 154 valence electrons. The summed E-state index contributed by atoms with van der Waals surface area (Å²) in [6.07, 6.45) is 5.15. The number of hydrogen-bond donors (Lipinski definition) is 0. The number of hydrogen-bond acceptors (Lipinski definition) is 6. The fourth-order valence-corrected chi connectivity index (χ4v) is 4.20. The molecule has 9 nitrogen and oxygen atoms in total. The molecule has 0 aliphatic heterocycles. The van der Waals surface area contributed by atoms with Crippen LogP contribution >= 0.6 is 0 Å². The Morgan fingerprint density at radius 1 is 1.20 bits per heavy atom. The summed E-state index contributed by atoms with van der Waals surface area (Å²) in [7, 11) is 1.71. The van der Waals surface area contributed by atoms with Gasteiger partial charge in [-0.05, 0) is 42.9 Å². The van der Waals surface area contributed by atoms with Gasteiger partial charge >= 0.3 is 5.76 Å². The number of imidazole rings is 1. The number of nitrogens with zero attached hydrogens (tertiary/aromatic N) is 6. The fourth-order valence-electron chi connectivity index (χ4n) is 4.20. The highest BCUT2D eigenvalue weighted by atomic mass is 19.1. The van der Waals surface area contributed by atoms with Crippen LogP contribution in [0.5, 0.6) is 0 Å². The maximum absolute atomic E-state index is 13.5. The zero-order valence-electron chi connectivity index (χ0n) is 16.2. The minimum absolute atomic E-state index is 0.00472. The lowest BCUT2D eigenvalue weighted by Crippen LogP contribution is -2.23. The van der Waals surface area contributed by atoms with E-state index in [0.29, 0.717) is 17.6 Å². The van der Waals surface area contributed by atoms with Crippen LogP contribution in [-0.2, 0) is 13.6 Å². The molecule has 3 heterocycles. The van der Waals surface area contributed by atoms with Crippen molar-refractivity contribution in [3.05, 3.63) is 75.1 Å². The fraction of sp³-hybridized carbons (Fsp3) is 0.350. The Morgan fingerprint density at radius 2 is 2.03 bits per heavy atom. The molecule has 2 atom stereocenters. The number of halogens is 1. The molecule has 3 aromatic heterocycles. The van der Waals surface area contributed by atoms with E-state index in [0.717, 1.165) is 18.4 Å². The second-order valence-electron chi connectivity index (χ2n) is 7.63. The molecule has 1 saturated carbocycles. The second-order valence-corrected chi connectivity index (χ2v) is 7.63. The summed E-state index contributed by atoms with van der Waals surface area (Å²) in [5, 5.41) is 4.32. The van der Waals surface area contributed by atoms with Crippen LogP contribution in [0.2, 0.25) is 0 Å². The third kappa shape index (κ3) is 3.14. The molecule has 10 heteroatoms. The van der Waals surface area contributed by atoms with Crippen molar-refractivity contribution in [2.45, 2.75) is 37.8 Å². The van der Waals surface area contributed by atoms with Gasteiger partial charge in [-0.2, -0.15) is 4.68 Å². The number of aryl methyl sites for hydroxylation is 1. The molecule has 1 aliphatic carbocycles. The van der Waals surface area contributed by atoms with Gasteiger partial charge in [0.2, 0.25) is 5.89 Å². The van der Waals surface area contributed by atoms with Crippen molar-refractivity contribution >= 4 is 11.2 Å². The van der Waals surface area contributed by atoms with Crippen molar-refractivity contribution in [2.24, 2.45) is 7.05 Å². The van der Waals surface area contributed by atoms with Crippen molar-refractivity contribution in [1.29, 1.82) is 0 Å². The smallest absolute Gasteiger partial charge is 0.390 e. The van der Waals surface area contributed by atoms with E-state index < -0.39 is 5.76 Å². The summed E-state index contributed by atoms with van der Waals surface area (Å²) in [5.74, 6) is -0.518. The quantitative estimate of drug-likeness (QED) is 0.510. The summed E-state index contributed by atoms with van der Waals surface area (Å²) in [6.45, 7) is -0.00472. The average molecular weight is 410 g/mol. The van der Waals surface area contributed by atoms with Crippen LogP contribution in [0.3, 0.4) is 0 Å². The topological polar surface area (TPSA) is 101 Å². The molecular formula is C20H19FN6O3. The molecule has 0 N–H and O–H groups in total. The van der Waals surface area contributed by atoms with Crippen molar-refractivity contribution in [2.75, 3.05) is 0 Å². The minimum Gasteiger partial charge on any atom is -0.390 e. The Labute approximate surface area is 169 Å². The first kappa shape index (κ1) is 18.5. The standard InChI is InChI=1S/C20H19FN6O3/c1-25-10-22-18-17(25)19(28)26(11-23-18)9-16-24-27(20(29)30-16)15-6-5-13(8-15)12-3-2-4-14(21)7-12/h2-4,7,10-11,13,15H,5-6,8-9H2,1H3. The van der Waals surface area contributed by atoms with Crippen molar-refractivity contribution < 1.29 is 8.81 Å². The molecule has 5 rings (SSSR count). The maximum atomic E-state index is 13.5. The molecule has 4 aromatic rings. The Bertz CT molecular complexity index is 1350. The number of benzene rings is 1. The van der Waals surface area contributed by atoms with E-state index in [-0.39, 0.29) is 35.8 Å². The Morgan fingerprint density at radius 3 is 2.87 bits per heavy atom. The summed E-state index contributed by atoms with van der Waals surface area (Å²) >= 11 is 0. The Balaban J connectivity index is 1.38. The SMILES string of the molecule is Cn1cnc2ncn(Cc3nn(C4CCC(c5cccc(F)c5)C4)c(=O)o3)c(=O)c21. The van der Waals surface area contributed by atoms with Gasteiger partial charge < -0.3 is 8.98 Å². The summed E-state index contributed by atoms with van der Waals surface area (Å²) in [4.78, 5) is 33.3. The summed E-state index contributed by atoms with van der Waals surface area (Å²) in [5.41, 5.74) is 1.37.